The van der Waals surface area contributed by atoms with Crippen LogP contribution in [0.3, 0.4) is 0 Å². The molecule has 0 fully saturated rings. The van der Waals surface area contributed by atoms with Gasteiger partial charge in [-0.1, -0.05) is 38.0 Å². The predicted molar refractivity (Wildman–Crippen MR) is 63.2 cm³/mol. The van der Waals surface area contributed by atoms with Crippen LogP contribution in [-0.2, 0) is 15.4 Å². The Kier molecular flexibility index (Phi) is 5.83. The highest BCUT2D eigenvalue weighted by Gasteiger charge is 2.19. The van der Waals surface area contributed by atoms with Crippen LogP contribution in [0.5, 0.6) is 0 Å². The van der Waals surface area contributed by atoms with Crippen molar-refractivity contribution in [2.24, 2.45) is 5.90 Å². The van der Waals surface area contributed by atoms with Gasteiger partial charge < -0.3 is 0 Å². The molecule has 0 heterocycles. The summed E-state index contributed by atoms with van der Waals surface area (Å²) < 4.78 is 15.9. The average Bonchev–Trinajstić information content (AvgIpc) is 2.26. The van der Waals surface area contributed by atoms with Crippen LogP contribution < -0.4 is 5.90 Å². The molecule has 3 nitrogen and oxygen atoms in total. The standard InChI is InChI=1S/C11H19NO2S/c1-10-8-6-4-2-3-5-7-9-11(10)15(13)14-12/h6,8,11H,1-5,7,9,12H2/b8-6-. The lowest BCUT2D eigenvalue weighted by atomic mass is 10.0. The van der Waals surface area contributed by atoms with Crippen LogP contribution in [0, 0.1) is 0 Å². The van der Waals surface area contributed by atoms with E-state index in [-0.39, 0.29) is 5.25 Å². The molecular formula is C11H19NO2S. The first-order chi connectivity index (χ1) is 7.25. The predicted octanol–water partition coefficient (Wildman–Crippen LogP) is 2.38. The maximum absolute atomic E-state index is 11.5. The van der Waals surface area contributed by atoms with E-state index in [4.69, 9.17) is 5.90 Å². The van der Waals surface area contributed by atoms with Crippen molar-refractivity contribution in [2.45, 2.75) is 43.8 Å². The molecule has 0 aliphatic heterocycles. The molecular weight excluding hydrogens is 210 g/mol. The van der Waals surface area contributed by atoms with Gasteiger partial charge in [0.15, 0.2) is 11.1 Å². The molecule has 1 aliphatic carbocycles. The highest BCUT2D eigenvalue weighted by Crippen LogP contribution is 2.20. The summed E-state index contributed by atoms with van der Waals surface area (Å²) >= 11 is -1.45. The molecule has 1 rings (SSSR count). The van der Waals surface area contributed by atoms with Gasteiger partial charge in [0, 0.05) is 0 Å². The molecule has 0 bridgehead atoms. The van der Waals surface area contributed by atoms with Crippen LogP contribution in [0.4, 0.5) is 0 Å². The van der Waals surface area contributed by atoms with E-state index in [1.807, 2.05) is 6.08 Å². The molecule has 2 unspecified atom stereocenters. The fourth-order valence-electron chi connectivity index (χ4n) is 1.76. The zero-order valence-electron chi connectivity index (χ0n) is 8.98. The molecule has 0 radical (unpaired) electrons. The second-order valence-corrected chi connectivity index (χ2v) is 5.10. The monoisotopic (exact) mass is 229 g/mol. The van der Waals surface area contributed by atoms with Crippen LogP contribution in [0.25, 0.3) is 0 Å². The quantitative estimate of drug-likeness (QED) is 0.740. The zero-order chi connectivity index (χ0) is 11.1. The fourth-order valence-corrected chi connectivity index (χ4v) is 2.58. The van der Waals surface area contributed by atoms with E-state index in [0.29, 0.717) is 0 Å². The number of rotatable bonds is 2. The molecule has 2 N–H and O–H groups in total. The van der Waals surface area contributed by atoms with Crippen molar-refractivity contribution in [1.82, 2.24) is 0 Å². The molecule has 0 amide bonds. The van der Waals surface area contributed by atoms with Gasteiger partial charge >= 0.3 is 0 Å². The van der Waals surface area contributed by atoms with E-state index >= 15 is 0 Å². The van der Waals surface area contributed by atoms with E-state index in [0.717, 1.165) is 24.8 Å². The van der Waals surface area contributed by atoms with Gasteiger partial charge in [-0.15, -0.1) is 0 Å². The van der Waals surface area contributed by atoms with Crippen LogP contribution in [0.2, 0.25) is 0 Å². The minimum atomic E-state index is -1.45. The molecule has 0 aromatic rings. The zero-order valence-corrected chi connectivity index (χ0v) is 9.80. The Morgan fingerprint density at radius 3 is 2.87 bits per heavy atom. The Labute approximate surface area is 94.0 Å². The fraction of sp³-hybridized carbons (Fsp3) is 0.636. The lowest BCUT2D eigenvalue weighted by Crippen LogP contribution is -2.21. The highest BCUT2D eigenvalue weighted by molar-refractivity contribution is 7.81. The summed E-state index contributed by atoms with van der Waals surface area (Å²) in [5.74, 6) is 4.96. The molecule has 1 aliphatic rings. The summed E-state index contributed by atoms with van der Waals surface area (Å²) in [4.78, 5) is 0. The second-order valence-electron chi connectivity index (χ2n) is 3.81. The smallest absolute Gasteiger partial charge is 0.180 e. The van der Waals surface area contributed by atoms with Crippen molar-refractivity contribution < 1.29 is 8.49 Å². The Balaban J connectivity index is 2.66. The highest BCUT2D eigenvalue weighted by atomic mass is 32.2. The summed E-state index contributed by atoms with van der Waals surface area (Å²) in [7, 11) is 0. The van der Waals surface area contributed by atoms with Crippen molar-refractivity contribution >= 4 is 11.1 Å². The molecule has 0 saturated heterocycles. The third-order valence-corrected chi connectivity index (χ3v) is 3.85. The Morgan fingerprint density at radius 1 is 1.40 bits per heavy atom. The number of nitrogens with two attached hydrogens (primary N) is 1. The molecule has 2 atom stereocenters. The summed E-state index contributed by atoms with van der Waals surface area (Å²) in [5.41, 5.74) is 0.862. The van der Waals surface area contributed by atoms with E-state index in [1.54, 1.807) is 0 Å². The number of allylic oxidation sites excluding steroid dienone is 2. The van der Waals surface area contributed by atoms with Gasteiger partial charge in [0.1, 0.15) is 0 Å². The van der Waals surface area contributed by atoms with E-state index in [1.165, 1.54) is 19.3 Å². The first-order valence-electron chi connectivity index (χ1n) is 5.39. The first kappa shape index (κ1) is 12.6. The van der Waals surface area contributed by atoms with Crippen molar-refractivity contribution in [3.05, 3.63) is 24.3 Å². The molecule has 15 heavy (non-hydrogen) atoms. The van der Waals surface area contributed by atoms with Gasteiger partial charge in [0.25, 0.3) is 0 Å². The molecule has 0 aromatic heterocycles. The van der Waals surface area contributed by atoms with Crippen LogP contribution in [0.15, 0.2) is 24.3 Å². The van der Waals surface area contributed by atoms with Crippen molar-refractivity contribution in [1.29, 1.82) is 0 Å². The Bertz CT molecular complexity index is 263. The summed E-state index contributed by atoms with van der Waals surface area (Å²) in [5, 5.41) is -0.149. The minimum absolute atomic E-state index is 0.149. The minimum Gasteiger partial charge on any atom is -0.228 e. The van der Waals surface area contributed by atoms with Gasteiger partial charge in [0.2, 0.25) is 0 Å². The number of hydrogen-bond acceptors (Lipinski definition) is 3. The summed E-state index contributed by atoms with van der Waals surface area (Å²) in [6.45, 7) is 3.92. The molecule has 86 valence electrons. The number of hydrogen-bond donors (Lipinski definition) is 1. The molecule has 0 spiro atoms. The van der Waals surface area contributed by atoms with Gasteiger partial charge in [-0.3, -0.25) is 0 Å². The van der Waals surface area contributed by atoms with E-state index in [2.05, 4.69) is 16.9 Å². The third-order valence-electron chi connectivity index (χ3n) is 2.66. The van der Waals surface area contributed by atoms with Crippen molar-refractivity contribution in [2.75, 3.05) is 0 Å². The molecule has 4 heteroatoms. The molecule has 0 saturated carbocycles. The maximum Gasteiger partial charge on any atom is 0.180 e. The second kappa shape index (κ2) is 6.93. The SMILES string of the molecule is C=C1/C=C\CCCCCCC1S(=O)ON. The normalized spacial score (nSPS) is 28.3. The van der Waals surface area contributed by atoms with Gasteiger partial charge in [-0.25, -0.2) is 8.49 Å². The van der Waals surface area contributed by atoms with E-state index in [9.17, 15) is 4.21 Å². The van der Waals surface area contributed by atoms with Crippen LogP contribution in [0.1, 0.15) is 38.5 Å². The van der Waals surface area contributed by atoms with Gasteiger partial charge in [0.05, 0.1) is 5.25 Å². The molecule has 0 aromatic carbocycles. The topological polar surface area (TPSA) is 52.3 Å². The Hall–Kier alpha value is -0.450. The first-order valence-corrected chi connectivity index (χ1v) is 6.52. The van der Waals surface area contributed by atoms with Gasteiger partial charge in [-0.2, -0.15) is 5.90 Å². The van der Waals surface area contributed by atoms with Crippen molar-refractivity contribution in [3.63, 3.8) is 0 Å². The Morgan fingerprint density at radius 2 is 2.13 bits per heavy atom. The summed E-state index contributed by atoms with van der Waals surface area (Å²) in [6.07, 6.45) is 10.7. The van der Waals surface area contributed by atoms with Crippen LogP contribution in [-0.4, -0.2) is 9.46 Å². The third kappa shape index (κ3) is 4.28. The largest absolute Gasteiger partial charge is 0.228 e. The van der Waals surface area contributed by atoms with Gasteiger partial charge in [-0.05, 0) is 24.8 Å². The average molecular weight is 229 g/mol. The van der Waals surface area contributed by atoms with E-state index < -0.39 is 11.1 Å². The lowest BCUT2D eigenvalue weighted by molar-refractivity contribution is 0.361. The lowest BCUT2D eigenvalue weighted by Gasteiger charge is -2.15. The summed E-state index contributed by atoms with van der Waals surface area (Å²) in [6, 6.07) is 0. The van der Waals surface area contributed by atoms with Crippen molar-refractivity contribution in [3.8, 4) is 0 Å². The van der Waals surface area contributed by atoms with Crippen LogP contribution >= 0.6 is 0 Å². The maximum atomic E-state index is 11.5.